The Kier molecular flexibility index (Phi) is 6.10. The third-order valence-electron chi connectivity index (χ3n) is 3.92. The molecule has 1 amide bonds. The van der Waals surface area contributed by atoms with Gasteiger partial charge in [0.05, 0.1) is 17.1 Å². The largest absolute Gasteiger partial charge is 0.462 e. The predicted octanol–water partition coefficient (Wildman–Crippen LogP) is 4.26. The number of nitrogens with one attached hydrogen (secondary N) is 1. The summed E-state index contributed by atoms with van der Waals surface area (Å²) >= 11 is 1.31. The molecule has 1 aromatic heterocycles. The van der Waals surface area contributed by atoms with Crippen LogP contribution in [-0.4, -0.2) is 23.4 Å². The number of nitro benzene ring substituents is 1. The molecule has 1 heterocycles. The standard InChI is InChI=1S/C18H20N2O5S/c1-5-13-11(4)26-17(15(13)18(22)25-6-2)19-16(21)12-7-8-14(20(23)24)10(3)9-12/h7-9H,5-6H2,1-4H3,(H,19,21). The van der Waals surface area contributed by atoms with E-state index in [1.165, 1.54) is 29.5 Å². The monoisotopic (exact) mass is 376 g/mol. The number of esters is 1. The minimum absolute atomic E-state index is 0.0472. The zero-order chi connectivity index (χ0) is 19.4. The lowest BCUT2D eigenvalue weighted by molar-refractivity contribution is -0.385. The molecule has 8 heteroatoms. The van der Waals surface area contributed by atoms with Gasteiger partial charge in [0, 0.05) is 22.1 Å². The smallest absolute Gasteiger partial charge is 0.341 e. The summed E-state index contributed by atoms with van der Waals surface area (Å²) in [7, 11) is 0. The van der Waals surface area contributed by atoms with Gasteiger partial charge in [-0.15, -0.1) is 11.3 Å². The molecular formula is C18H20N2O5S. The number of hydrogen-bond acceptors (Lipinski definition) is 6. The normalized spacial score (nSPS) is 10.5. The van der Waals surface area contributed by atoms with Crippen molar-refractivity contribution in [1.29, 1.82) is 0 Å². The van der Waals surface area contributed by atoms with Crippen LogP contribution in [0.2, 0.25) is 0 Å². The number of ether oxygens (including phenoxy) is 1. The van der Waals surface area contributed by atoms with Gasteiger partial charge in [-0.25, -0.2) is 4.79 Å². The van der Waals surface area contributed by atoms with Crippen molar-refractivity contribution in [3.8, 4) is 0 Å². The number of hydrogen-bond donors (Lipinski definition) is 1. The molecule has 0 fully saturated rings. The zero-order valence-corrected chi connectivity index (χ0v) is 15.9. The number of nitro groups is 1. The first-order valence-corrected chi connectivity index (χ1v) is 8.97. The highest BCUT2D eigenvalue weighted by Crippen LogP contribution is 2.34. The molecule has 26 heavy (non-hydrogen) atoms. The molecule has 2 rings (SSSR count). The highest BCUT2D eigenvalue weighted by molar-refractivity contribution is 7.16. The molecule has 0 radical (unpaired) electrons. The van der Waals surface area contributed by atoms with Crippen LogP contribution in [0.3, 0.4) is 0 Å². The molecule has 2 aromatic rings. The number of carbonyl (C=O) groups excluding carboxylic acids is 2. The maximum atomic E-state index is 12.6. The number of rotatable bonds is 6. The molecule has 0 spiro atoms. The van der Waals surface area contributed by atoms with Crippen molar-refractivity contribution in [2.75, 3.05) is 11.9 Å². The first-order valence-electron chi connectivity index (χ1n) is 8.15. The van der Waals surface area contributed by atoms with Gasteiger partial charge in [-0.05, 0) is 44.9 Å². The average Bonchev–Trinajstić information content (AvgIpc) is 2.89. The number of benzene rings is 1. The van der Waals surface area contributed by atoms with Crippen LogP contribution in [0.4, 0.5) is 10.7 Å². The van der Waals surface area contributed by atoms with E-state index < -0.39 is 16.8 Å². The summed E-state index contributed by atoms with van der Waals surface area (Å²) < 4.78 is 5.11. The third kappa shape index (κ3) is 3.91. The molecule has 138 valence electrons. The Morgan fingerprint density at radius 2 is 1.96 bits per heavy atom. The number of thiophene rings is 1. The van der Waals surface area contributed by atoms with E-state index in [0.29, 0.717) is 22.5 Å². The van der Waals surface area contributed by atoms with Crippen LogP contribution in [0.5, 0.6) is 0 Å². The van der Waals surface area contributed by atoms with Gasteiger partial charge < -0.3 is 10.1 Å². The van der Waals surface area contributed by atoms with Crippen molar-refractivity contribution in [3.05, 3.63) is 55.4 Å². The van der Waals surface area contributed by atoms with Gasteiger partial charge in [0.1, 0.15) is 5.00 Å². The molecule has 1 N–H and O–H groups in total. The topological polar surface area (TPSA) is 98.5 Å². The van der Waals surface area contributed by atoms with Gasteiger partial charge in [-0.2, -0.15) is 0 Å². The van der Waals surface area contributed by atoms with E-state index in [1.807, 2.05) is 13.8 Å². The summed E-state index contributed by atoms with van der Waals surface area (Å²) in [5.74, 6) is -0.902. The van der Waals surface area contributed by atoms with Crippen molar-refractivity contribution in [2.45, 2.75) is 34.1 Å². The third-order valence-corrected chi connectivity index (χ3v) is 4.99. The van der Waals surface area contributed by atoms with Crippen LogP contribution in [0.1, 0.15) is 50.6 Å². The molecular weight excluding hydrogens is 356 g/mol. The molecule has 0 saturated carbocycles. The molecule has 1 aromatic carbocycles. The highest BCUT2D eigenvalue weighted by Gasteiger charge is 2.24. The predicted molar refractivity (Wildman–Crippen MR) is 100 cm³/mol. The lowest BCUT2D eigenvalue weighted by Crippen LogP contribution is -2.15. The van der Waals surface area contributed by atoms with Gasteiger partial charge in [0.15, 0.2) is 0 Å². The van der Waals surface area contributed by atoms with E-state index in [2.05, 4.69) is 5.32 Å². The van der Waals surface area contributed by atoms with Crippen LogP contribution in [0, 0.1) is 24.0 Å². The minimum Gasteiger partial charge on any atom is -0.462 e. The molecule has 0 unspecified atom stereocenters. The molecule has 0 saturated heterocycles. The second kappa shape index (κ2) is 8.09. The summed E-state index contributed by atoms with van der Waals surface area (Å²) in [5, 5.41) is 14.1. The summed E-state index contributed by atoms with van der Waals surface area (Å²) in [6.45, 7) is 7.36. The molecule has 0 aliphatic heterocycles. The van der Waals surface area contributed by atoms with Gasteiger partial charge in [-0.1, -0.05) is 6.92 Å². The number of aryl methyl sites for hydroxylation is 2. The van der Waals surface area contributed by atoms with Gasteiger partial charge in [0.25, 0.3) is 11.6 Å². The van der Waals surface area contributed by atoms with Crippen molar-refractivity contribution in [3.63, 3.8) is 0 Å². The molecule has 0 aliphatic carbocycles. The van der Waals surface area contributed by atoms with E-state index in [0.717, 1.165) is 10.4 Å². The maximum Gasteiger partial charge on any atom is 0.341 e. The van der Waals surface area contributed by atoms with Gasteiger partial charge >= 0.3 is 5.97 Å². The minimum atomic E-state index is -0.494. The van der Waals surface area contributed by atoms with Gasteiger partial charge in [0.2, 0.25) is 0 Å². The fourth-order valence-corrected chi connectivity index (χ4v) is 3.82. The lowest BCUT2D eigenvalue weighted by Gasteiger charge is -2.08. The molecule has 0 bridgehead atoms. The fraction of sp³-hybridized carbons (Fsp3) is 0.333. The average molecular weight is 376 g/mol. The number of anilines is 1. The van der Waals surface area contributed by atoms with Crippen LogP contribution in [0.25, 0.3) is 0 Å². The van der Waals surface area contributed by atoms with Crippen molar-refractivity contribution < 1.29 is 19.2 Å². The van der Waals surface area contributed by atoms with E-state index in [9.17, 15) is 19.7 Å². The molecule has 0 aliphatic rings. The van der Waals surface area contributed by atoms with Gasteiger partial charge in [-0.3, -0.25) is 14.9 Å². The van der Waals surface area contributed by atoms with E-state index in [1.54, 1.807) is 13.8 Å². The van der Waals surface area contributed by atoms with Crippen LogP contribution >= 0.6 is 11.3 Å². The number of carbonyl (C=O) groups is 2. The number of amides is 1. The van der Waals surface area contributed by atoms with Crippen molar-refractivity contribution in [1.82, 2.24) is 0 Å². The Labute approximate surface area is 155 Å². The summed E-state index contributed by atoms with van der Waals surface area (Å²) in [5.41, 5.74) is 1.86. The van der Waals surface area contributed by atoms with Crippen molar-refractivity contribution in [2.24, 2.45) is 0 Å². The first kappa shape index (κ1) is 19.6. The van der Waals surface area contributed by atoms with Crippen LogP contribution in [0.15, 0.2) is 18.2 Å². The van der Waals surface area contributed by atoms with Crippen molar-refractivity contribution >= 4 is 33.9 Å². The molecule has 0 atom stereocenters. The second-order valence-electron chi connectivity index (χ2n) is 5.63. The van der Waals surface area contributed by atoms with E-state index >= 15 is 0 Å². The van der Waals surface area contributed by atoms with Crippen LogP contribution < -0.4 is 5.32 Å². The fourth-order valence-electron chi connectivity index (χ4n) is 2.69. The van der Waals surface area contributed by atoms with E-state index in [-0.39, 0.29) is 17.9 Å². The summed E-state index contributed by atoms with van der Waals surface area (Å²) in [6, 6.07) is 4.15. The second-order valence-corrected chi connectivity index (χ2v) is 6.85. The Balaban J connectivity index is 2.36. The maximum absolute atomic E-state index is 12.6. The SMILES string of the molecule is CCOC(=O)c1c(NC(=O)c2ccc([N+](=O)[O-])c(C)c2)sc(C)c1CC. The quantitative estimate of drug-likeness (QED) is 0.461. The number of nitrogens with zero attached hydrogens (tertiary/aromatic N) is 1. The summed E-state index contributed by atoms with van der Waals surface area (Å²) in [6.07, 6.45) is 0.642. The Bertz CT molecular complexity index is 873. The Morgan fingerprint density at radius 1 is 1.27 bits per heavy atom. The zero-order valence-electron chi connectivity index (χ0n) is 15.0. The summed E-state index contributed by atoms with van der Waals surface area (Å²) in [4.78, 5) is 36.2. The Morgan fingerprint density at radius 3 is 2.50 bits per heavy atom. The Hall–Kier alpha value is -2.74. The first-order chi connectivity index (χ1) is 12.3. The highest BCUT2D eigenvalue weighted by atomic mass is 32.1. The van der Waals surface area contributed by atoms with Crippen LogP contribution in [-0.2, 0) is 11.2 Å². The lowest BCUT2D eigenvalue weighted by atomic mass is 10.1. The molecule has 7 nitrogen and oxygen atoms in total. The van der Waals surface area contributed by atoms with E-state index in [4.69, 9.17) is 4.74 Å².